The van der Waals surface area contributed by atoms with Crippen LogP contribution in [0.25, 0.3) is 10.8 Å². The Bertz CT molecular complexity index is 1010. The first kappa shape index (κ1) is 21.1. The monoisotopic (exact) mass is 388 g/mol. The first-order valence-electron chi connectivity index (χ1n) is 9.65. The number of rotatable bonds is 8. The molecule has 0 aromatic heterocycles. The summed E-state index contributed by atoms with van der Waals surface area (Å²) in [5.41, 5.74) is 0.987. The van der Waals surface area contributed by atoms with Gasteiger partial charge in [-0.25, -0.2) is 0 Å². The first-order valence-corrected chi connectivity index (χ1v) is 9.65. The van der Waals surface area contributed by atoms with Crippen molar-refractivity contribution in [3.05, 3.63) is 66.2 Å². The molecule has 1 radical (unpaired) electrons. The molecule has 149 valence electrons. The molecule has 0 saturated heterocycles. The second kappa shape index (κ2) is 8.40. The fourth-order valence-electron chi connectivity index (χ4n) is 2.79. The third-order valence-corrected chi connectivity index (χ3v) is 5.33. The molecule has 0 atom stereocenters. The normalized spacial score (nSPS) is 12.0. The lowest BCUT2D eigenvalue weighted by molar-refractivity contribution is -0.0893. The average molecular weight is 388 g/mol. The minimum absolute atomic E-state index is 0.400. The van der Waals surface area contributed by atoms with Crippen LogP contribution >= 0.6 is 0 Å². The molecule has 5 heteroatoms. The summed E-state index contributed by atoms with van der Waals surface area (Å²) < 4.78 is 11.9. The zero-order valence-electron chi connectivity index (χ0n) is 17.5. The zero-order chi connectivity index (χ0) is 21.1. The Labute approximate surface area is 173 Å². The Hall–Kier alpha value is -2.63. The van der Waals surface area contributed by atoms with Crippen molar-refractivity contribution < 1.29 is 14.5 Å². The van der Waals surface area contributed by atoms with Gasteiger partial charge in [0.25, 0.3) is 0 Å². The van der Waals surface area contributed by atoms with Crippen molar-refractivity contribution >= 4 is 36.1 Å². The molecule has 3 aromatic carbocycles. The minimum atomic E-state index is -0.964. The predicted octanol–water partition coefficient (Wildman–Crippen LogP) is 4.56. The second-order valence-electron chi connectivity index (χ2n) is 8.13. The Kier molecular flexibility index (Phi) is 6.11. The molecule has 0 heterocycles. The van der Waals surface area contributed by atoms with Crippen LogP contribution in [0.3, 0.4) is 0 Å². The average Bonchev–Trinajstić information content (AvgIpc) is 2.69. The maximum atomic E-state index is 10.2. The lowest BCUT2D eigenvalue weighted by atomic mass is 9.82. The van der Waals surface area contributed by atoms with Gasteiger partial charge in [-0.3, -0.25) is 4.99 Å². The van der Waals surface area contributed by atoms with Crippen LogP contribution < -0.4 is 10.2 Å². The molecule has 0 unspecified atom stereocenters. The van der Waals surface area contributed by atoms with Crippen molar-refractivity contribution in [1.82, 2.24) is 0 Å². The number of fused-ring (bicyclic) bond motifs is 1. The highest BCUT2D eigenvalue weighted by molar-refractivity contribution is 6.47. The van der Waals surface area contributed by atoms with Gasteiger partial charge in [0.15, 0.2) is 0 Å². The Balaban J connectivity index is 1.72. The van der Waals surface area contributed by atoms with E-state index in [4.69, 9.17) is 9.39 Å². The summed E-state index contributed by atoms with van der Waals surface area (Å²) in [4.78, 5) is 4.18. The molecule has 3 aromatic rings. The molecule has 3 rings (SSSR count). The third kappa shape index (κ3) is 4.87. The van der Waals surface area contributed by atoms with Crippen molar-refractivity contribution in [2.45, 2.75) is 45.5 Å². The highest BCUT2D eigenvalue weighted by Crippen LogP contribution is 2.35. The number of hydrogen-bond donors (Lipinski definition) is 1. The van der Waals surface area contributed by atoms with Crippen LogP contribution in [0, 0.1) is 0 Å². The molecule has 0 aliphatic heterocycles. The fourth-order valence-corrected chi connectivity index (χ4v) is 2.79. The van der Waals surface area contributed by atoms with E-state index in [2.05, 4.69) is 11.7 Å². The maximum Gasteiger partial charge on any atom is 0.330 e. The van der Waals surface area contributed by atoms with Crippen LogP contribution in [0.5, 0.6) is 5.75 Å². The van der Waals surface area contributed by atoms with E-state index in [0.29, 0.717) is 12.4 Å². The highest BCUT2D eigenvalue weighted by atomic mass is 16.5. The van der Waals surface area contributed by atoms with Gasteiger partial charge < -0.3 is 14.5 Å². The third-order valence-electron chi connectivity index (χ3n) is 5.33. The SMILES string of the molecule is C=Nc1c(OCc2cccc([B]OC(C)(C)C(C)(C)O)c2)ccc2ccccc12. The van der Waals surface area contributed by atoms with Gasteiger partial charge in [0, 0.05) is 5.39 Å². The van der Waals surface area contributed by atoms with Crippen molar-refractivity contribution in [3.63, 3.8) is 0 Å². The predicted molar refractivity (Wildman–Crippen MR) is 121 cm³/mol. The largest absolute Gasteiger partial charge is 0.487 e. The van der Waals surface area contributed by atoms with Gasteiger partial charge in [0.1, 0.15) is 18.0 Å². The molecule has 0 bridgehead atoms. The Morgan fingerprint density at radius 3 is 2.48 bits per heavy atom. The number of ether oxygens (including phenoxy) is 1. The second-order valence-corrected chi connectivity index (χ2v) is 8.13. The number of aliphatic hydroxyl groups is 1. The van der Waals surface area contributed by atoms with E-state index in [1.807, 2.05) is 74.5 Å². The topological polar surface area (TPSA) is 51.0 Å². The minimum Gasteiger partial charge on any atom is -0.487 e. The number of hydrogen-bond acceptors (Lipinski definition) is 4. The summed E-state index contributed by atoms with van der Waals surface area (Å²) >= 11 is 0. The van der Waals surface area contributed by atoms with E-state index < -0.39 is 11.2 Å². The van der Waals surface area contributed by atoms with E-state index in [-0.39, 0.29) is 0 Å². The van der Waals surface area contributed by atoms with Crippen LogP contribution in [-0.2, 0) is 11.3 Å². The maximum absolute atomic E-state index is 10.2. The quantitative estimate of drug-likeness (QED) is 0.455. The van der Waals surface area contributed by atoms with Gasteiger partial charge in [-0.15, -0.1) is 0 Å². The van der Waals surface area contributed by atoms with Gasteiger partial charge in [0.2, 0.25) is 0 Å². The van der Waals surface area contributed by atoms with Crippen LogP contribution in [-0.4, -0.2) is 30.5 Å². The molecule has 0 aliphatic rings. The smallest absolute Gasteiger partial charge is 0.330 e. The molecule has 1 N–H and O–H groups in total. The standard InChI is InChI=1S/C24H27BNO3/c1-23(2,27)24(3,4)29-25-19-11-8-9-17(15-19)16-28-21-14-13-18-10-6-7-12-20(18)22(21)26-5/h6-15,27H,5,16H2,1-4H3. The van der Waals surface area contributed by atoms with E-state index >= 15 is 0 Å². The molecule has 0 spiro atoms. The van der Waals surface area contributed by atoms with Crippen LogP contribution in [0.15, 0.2) is 65.7 Å². The lowest BCUT2D eigenvalue weighted by Gasteiger charge is -2.37. The van der Waals surface area contributed by atoms with Gasteiger partial charge in [0.05, 0.1) is 11.2 Å². The summed E-state index contributed by atoms with van der Waals surface area (Å²) in [7, 11) is 1.67. The number of nitrogens with zero attached hydrogens (tertiary/aromatic N) is 1. The summed E-state index contributed by atoms with van der Waals surface area (Å²) in [6.45, 7) is 11.3. The van der Waals surface area contributed by atoms with Crippen molar-refractivity contribution in [1.29, 1.82) is 0 Å². The molecule has 0 amide bonds. The van der Waals surface area contributed by atoms with Crippen molar-refractivity contribution in [3.8, 4) is 5.75 Å². The first-order chi connectivity index (χ1) is 13.7. The molecule has 0 saturated carbocycles. The molecule has 4 nitrogen and oxygen atoms in total. The number of aliphatic imine (C=N–C) groups is 1. The van der Waals surface area contributed by atoms with E-state index in [9.17, 15) is 5.11 Å². The molecule has 0 aliphatic carbocycles. The Morgan fingerprint density at radius 1 is 1.00 bits per heavy atom. The van der Waals surface area contributed by atoms with E-state index in [1.54, 1.807) is 21.3 Å². The van der Waals surface area contributed by atoms with Crippen molar-refractivity contribution in [2.75, 3.05) is 0 Å². The zero-order valence-corrected chi connectivity index (χ0v) is 17.5. The molecular weight excluding hydrogens is 361 g/mol. The van der Waals surface area contributed by atoms with Gasteiger partial charge in [-0.1, -0.05) is 60.1 Å². The molecule has 0 fully saturated rings. The van der Waals surface area contributed by atoms with Crippen molar-refractivity contribution in [2.24, 2.45) is 4.99 Å². The molecule has 29 heavy (non-hydrogen) atoms. The van der Waals surface area contributed by atoms with Crippen LogP contribution in [0.1, 0.15) is 33.3 Å². The number of benzene rings is 3. The highest BCUT2D eigenvalue weighted by Gasteiger charge is 2.35. The van der Waals surface area contributed by atoms with E-state index in [1.165, 1.54) is 0 Å². The lowest BCUT2D eigenvalue weighted by Crippen LogP contribution is -2.49. The summed E-state index contributed by atoms with van der Waals surface area (Å²) in [5, 5.41) is 12.4. The summed E-state index contributed by atoms with van der Waals surface area (Å²) in [6, 6.07) is 19.9. The van der Waals surface area contributed by atoms with Gasteiger partial charge >= 0.3 is 7.48 Å². The van der Waals surface area contributed by atoms with E-state index in [0.717, 1.165) is 27.5 Å². The Morgan fingerprint density at radius 2 is 1.76 bits per heavy atom. The van der Waals surface area contributed by atoms with Crippen LogP contribution in [0.4, 0.5) is 5.69 Å². The van der Waals surface area contributed by atoms with Gasteiger partial charge in [-0.2, -0.15) is 0 Å². The summed E-state index contributed by atoms with van der Waals surface area (Å²) in [5.74, 6) is 0.701. The fraction of sp³-hybridized carbons (Fsp3) is 0.292. The molecular formula is C24H27BNO3. The van der Waals surface area contributed by atoms with Crippen LogP contribution in [0.2, 0.25) is 0 Å². The van der Waals surface area contributed by atoms with Gasteiger partial charge in [-0.05, 0) is 51.4 Å². The summed E-state index contributed by atoms with van der Waals surface area (Å²) in [6.07, 6.45) is 0.